The number of pyridine rings is 1. The number of piperazine rings is 1. The third kappa shape index (κ3) is 2.77. The summed E-state index contributed by atoms with van der Waals surface area (Å²) in [5, 5.41) is 0. The van der Waals surface area contributed by atoms with E-state index in [-0.39, 0.29) is 5.91 Å². The molecule has 92 valence electrons. The molecule has 1 aromatic heterocycles. The number of hydrogen-bond donors (Lipinski definition) is 0. The van der Waals surface area contributed by atoms with Crippen molar-refractivity contribution < 1.29 is 4.79 Å². The van der Waals surface area contributed by atoms with E-state index in [1.165, 1.54) is 0 Å². The summed E-state index contributed by atoms with van der Waals surface area (Å²) in [6.07, 6.45) is 0. The number of rotatable bonds is 1. The van der Waals surface area contributed by atoms with Crippen LogP contribution in [-0.4, -0.2) is 42.0 Å². The highest BCUT2D eigenvalue weighted by Gasteiger charge is 2.19. The Hall–Kier alpha value is -1.10. The van der Waals surface area contributed by atoms with E-state index in [0.717, 1.165) is 42.2 Å². The Bertz CT molecular complexity index is 428. The molecule has 0 bridgehead atoms. The van der Waals surface area contributed by atoms with Gasteiger partial charge < -0.3 is 9.80 Å². The fraction of sp³-hybridized carbons (Fsp3) is 0.500. The molecule has 0 radical (unpaired) electrons. The summed E-state index contributed by atoms with van der Waals surface area (Å²) in [5.74, 6) is 1.15. The molecule has 0 atom stereocenters. The maximum Gasteiger partial charge on any atom is 0.219 e. The summed E-state index contributed by atoms with van der Waals surface area (Å²) < 4.78 is 1.03. The second-order valence-corrected chi connectivity index (χ2v) is 5.08. The average Bonchev–Trinajstić information content (AvgIpc) is 2.33. The van der Waals surface area contributed by atoms with Crippen LogP contribution in [0.3, 0.4) is 0 Å². The standard InChI is InChI=1S/C12H16BrN3O/c1-9-11(13)3-4-12(14-9)16-7-5-15(6-8-16)10(2)17/h3-4H,5-8H2,1-2H3. The quantitative estimate of drug-likeness (QED) is 0.793. The van der Waals surface area contributed by atoms with E-state index in [4.69, 9.17) is 0 Å². The molecule has 0 N–H and O–H groups in total. The van der Waals surface area contributed by atoms with E-state index in [0.29, 0.717) is 0 Å². The summed E-state index contributed by atoms with van der Waals surface area (Å²) in [5.41, 5.74) is 0.997. The van der Waals surface area contributed by atoms with Crippen molar-refractivity contribution in [2.45, 2.75) is 13.8 Å². The molecule has 0 spiro atoms. The molecular formula is C12H16BrN3O. The van der Waals surface area contributed by atoms with Gasteiger partial charge in [0.1, 0.15) is 5.82 Å². The van der Waals surface area contributed by atoms with Gasteiger partial charge in [0.25, 0.3) is 0 Å². The van der Waals surface area contributed by atoms with Crippen molar-refractivity contribution in [3.05, 3.63) is 22.3 Å². The second-order valence-electron chi connectivity index (χ2n) is 4.23. The Morgan fingerprint density at radius 1 is 1.29 bits per heavy atom. The van der Waals surface area contributed by atoms with Crippen molar-refractivity contribution in [1.29, 1.82) is 0 Å². The second kappa shape index (κ2) is 5.04. The van der Waals surface area contributed by atoms with Crippen molar-refractivity contribution in [1.82, 2.24) is 9.88 Å². The average molecular weight is 298 g/mol. The van der Waals surface area contributed by atoms with Crippen LogP contribution in [0.15, 0.2) is 16.6 Å². The summed E-state index contributed by atoms with van der Waals surface area (Å²) in [6.45, 7) is 6.89. The maximum absolute atomic E-state index is 11.2. The highest BCUT2D eigenvalue weighted by atomic mass is 79.9. The molecule has 0 aromatic carbocycles. The van der Waals surface area contributed by atoms with Crippen LogP contribution in [0.2, 0.25) is 0 Å². The number of carbonyl (C=O) groups excluding carboxylic acids is 1. The molecule has 17 heavy (non-hydrogen) atoms. The van der Waals surface area contributed by atoms with E-state index >= 15 is 0 Å². The minimum absolute atomic E-state index is 0.157. The number of carbonyl (C=O) groups is 1. The van der Waals surface area contributed by atoms with Gasteiger partial charge in [0.2, 0.25) is 5.91 Å². The van der Waals surface area contributed by atoms with Crippen LogP contribution >= 0.6 is 15.9 Å². The fourth-order valence-corrected chi connectivity index (χ4v) is 2.18. The lowest BCUT2D eigenvalue weighted by Gasteiger charge is -2.35. The smallest absolute Gasteiger partial charge is 0.219 e. The monoisotopic (exact) mass is 297 g/mol. The number of anilines is 1. The van der Waals surface area contributed by atoms with Crippen LogP contribution < -0.4 is 4.90 Å². The van der Waals surface area contributed by atoms with Gasteiger partial charge in [-0.1, -0.05) is 0 Å². The Morgan fingerprint density at radius 3 is 2.47 bits per heavy atom. The van der Waals surface area contributed by atoms with E-state index < -0.39 is 0 Å². The predicted octanol–water partition coefficient (Wildman–Crippen LogP) is 1.82. The summed E-state index contributed by atoms with van der Waals surface area (Å²) in [7, 11) is 0. The first kappa shape index (κ1) is 12.4. The minimum atomic E-state index is 0.157. The molecule has 0 unspecified atom stereocenters. The topological polar surface area (TPSA) is 36.4 Å². The van der Waals surface area contributed by atoms with Crippen molar-refractivity contribution >= 4 is 27.7 Å². The van der Waals surface area contributed by atoms with Crippen LogP contribution in [0.25, 0.3) is 0 Å². The first-order valence-electron chi connectivity index (χ1n) is 5.71. The number of aromatic nitrogens is 1. The molecule has 1 aliphatic heterocycles. The highest BCUT2D eigenvalue weighted by Crippen LogP contribution is 2.20. The van der Waals surface area contributed by atoms with Gasteiger partial charge in [-0.15, -0.1) is 0 Å². The molecule has 0 aliphatic carbocycles. The SMILES string of the molecule is CC(=O)N1CCN(c2ccc(Br)c(C)n2)CC1. The zero-order valence-corrected chi connectivity index (χ0v) is 11.7. The predicted molar refractivity (Wildman–Crippen MR) is 71.1 cm³/mol. The summed E-state index contributed by atoms with van der Waals surface area (Å²) in [4.78, 5) is 19.9. The van der Waals surface area contributed by atoms with Gasteiger partial charge >= 0.3 is 0 Å². The first-order chi connectivity index (χ1) is 8.08. The zero-order valence-electron chi connectivity index (χ0n) is 10.1. The van der Waals surface area contributed by atoms with Crippen LogP contribution in [0.1, 0.15) is 12.6 Å². The number of amides is 1. The number of aryl methyl sites for hydroxylation is 1. The Kier molecular flexibility index (Phi) is 3.66. The summed E-state index contributed by atoms with van der Waals surface area (Å²) >= 11 is 3.45. The number of halogens is 1. The van der Waals surface area contributed by atoms with Crippen LogP contribution in [0, 0.1) is 6.92 Å². The Morgan fingerprint density at radius 2 is 1.94 bits per heavy atom. The molecule has 1 aromatic rings. The van der Waals surface area contributed by atoms with Gasteiger partial charge in [-0.25, -0.2) is 4.98 Å². The fourth-order valence-electron chi connectivity index (χ4n) is 1.96. The van der Waals surface area contributed by atoms with Crippen LogP contribution in [0.4, 0.5) is 5.82 Å². The number of nitrogens with zero attached hydrogens (tertiary/aromatic N) is 3. The molecular weight excluding hydrogens is 282 g/mol. The van der Waals surface area contributed by atoms with Crippen molar-refractivity contribution in [2.24, 2.45) is 0 Å². The molecule has 1 saturated heterocycles. The van der Waals surface area contributed by atoms with Gasteiger partial charge in [-0.3, -0.25) is 4.79 Å². The Labute approximate surface area is 110 Å². The lowest BCUT2D eigenvalue weighted by Crippen LogP contribution is -2.48. The van der Waals surface area contributed by atoms with Crippen LogP contribution in [-0.2, 0) is 4.79 Å². The molecule has 0 saturated carbocycles. The molecule has 5 heteroatoms. The maximum atomic E-state index is 11.2. The van der Waals surface area contributed by atoms with Gasteiger partial charge in [-0.05, 0) is 35.0 Å². The van der Waals surface area contributed by atoms with Gasteiger partial charge in [0.05, 0.1) is 5.69 Å². The number of hydrogen-bond acceptors (Lipinski definition) is 3. The van der Waals surface area contributed by atoms with Gasteiger partial charge in [-0.2, -0.15) is 0 Å². The van der Waals surface area contributed by atoms with E-state index in [1.54, 1.807) is 6.92 Å². The van der Waals surface area contributed by atoms with E-state index in [1.807, 2.05) is 24.0 Å². The molecule has 1 aliphatic rings. The lowest BCUT2D eigenvalue weighted by molar-refractivity contribution is -0.129. The van der Waals surface area contributed by atoms with E-state index in [2.05, 4.69) is 25.8 Å². The molecule has 1 amide bonds. The molecule has 1 fully saturated rings. The van der Waals surface area contributed by atoms with Crippen LogP contribution in [0.5, 0.6) is 0 Å². The zero-order chi connectivity index (χ0) is 12.4. The van der Waals surface area contributed by atoms with Crippen molar-refractivity contribution in [2.75, 3.05) is 31.1 Å². The lowest BCUT2D eigenvalue weighted by atomic mass is 10.3. The van der Waals surface area contributed by atoms with Crippen molar-refractivity contribution in [3.8, 4) is 0 Å². The van der Waals surface area contributed by atoms with Gasteiger partial charge in [0.15, 0.2) is 0 Å². The van der Waals surface area contributed by atoms with Gasteiger partial charge in [0, 0.05) is 37.6 Å². The van der Waals surface area contributed by atoms with Crippen molar-refractivity contribution in [3.63, 3.8) is 0 Å². The third-order valence-corrected chi connectivity index (χ3v) is 3.89. The summed E-state index contributed by atoms with van der Waals surface area (Å²) in [6, 6.07) is 4.04. The molecule has 2 rings (SSSR count). The highest BCUT2D eigenvalue weighted by molar-refractivity contribution is 9.10. The largest absolute Gasteiger partial charge is 0.353 e. The third-order valence-electron chi connectivity index (χ3n) is 3.06. The Balaban J connectivity index is 2.05. The minimum Gasteiger partial charge on any atom is -0.353 e. The normalized spacial score (nSPS) is 16.2. The molecule has 4 nitrogen and oxygen atoms in total. The molecule has 2 heterocycles. The first-order valence-corrected chi connectivity index (χ1v) is 6.51. The van der Waals surface area contributed by atoms with E-state index in [9.17, 15) is 4.79 Å².